The van der Waals surface area contributed by atoms with Gasteiger partial charge in [-0.25, -0.2) is 0 Å². The van der Waals surface area contributed by atoms with Crippen LogP contribution in [-0.4, -0.2) is 24.4 Å². The average Bonchev–Trinajstić information content (AvgIpc) is 2.92. The maximum atomic E-state index is 9.80. The molecule has 2 N–H and O–H groups in total. The van der Waals surface area contributed by atoms with Crippen LogP contribution in [-0.2, 0) is 17.9 Å². The first kappa shape index (κ1) is 15.5. The van der Waals surface area contributed by atoms with Gasteiger partial charge < -0.3 is 15.2 Å². The molecule has 1 aromatic heterocycles. The van der Waals surface area contributed by atoms with E-state index in [0.717, 1.165) is 10.6 Å². The summed E-state index contributed by atoms with van der Waals surface area (Å²) in [4.78, 5) is 1.17. The van der Waals surface area contributed by atoms with Crippen molar-refractivity contribution in [3.63, 3.8) is 0 Å². The van der Waals surface area contributed by atoms with Gasteiger partial charge in [-0.05, 0) is 29.1 Å². The summed E-state index contributed by atoms with van der Waals surface area (Å²) < 4.78 is 5.46. The monoisotopic (exact) mass is 311 g/mol. The Balaban J connectivity index is 1.59. The van der Waals surface area contributed by atoms with Crippen molar-refractivity contribution in [2.24, 2.45) is 0 Å². The molecule has 3 nitrogen and oxygen atoms in total. The Labute approximate surface area is 128 Å². The molecular weight excluding hydrogens is 294 g/mol. The van der Waals surface area contributed by atoms with Gasteiger partial charge in [-0.3, -0.25) is 0 Å². The molecule has 0 aliphatic carbocycles. The number of hydrogen-bond donors (Lipinski definition) is 2. The first-order chi connectivity index (χ1) is 9.74. The molecule has 0 radical (unpaired) electrons. The predicted molar refractivity (Wildman–Crippen MR) is 83.1 cm³/mol. The Hall–Kier alpha value is -0.910. The van der Waals surface area contributed by atoms with Gasteiger partial charge in [-0.15, -0.1) is 11.3 Å². The highest BCUT2D eigenvalue weighted by molar-refractivity contribution is 7.09. The van der Waals surface area contributed by atoms with Gasteiger partial charge in [0, 0.05) is 23.0 Å². The van der Waals surface area contributed by atoms with E-state index in [4.69, 9.17) is 16.3 Å². The van der Waals surface area contributed by atoms with Crippen molar-refractivity contribution in [2.45, 2.75) is 19.3 Å². The third-order valence-electron chi connectivity index (χ3n) is 2.73. The van der Waals surface area contributed by atoms with Crippen molar-refractivity contribution >= 4 is 22.9 Å². The zero-order chi connectivity index (χ0) is 14.2. The lowest BCUT2D eigenvalue weighted by atomic mass is 10.2. The second-order valence-electron chi connectivity index (χ2n) is 4.51. The number of aliphatic hydroxyl groups is 1. The van der Waals surface area contributed by atoms with Crippen LogP contribution in [0.25, 0.3) is 0 Å². The van der Waals surface area contributed by atoms with Gasteiger partial charge in [0.2, 0.25) is 0 Å². The number of rotatable bonds is 8. The third kappa shape index (κ3) is 5.61. The molecule has 0 saturated carbocycles. The normalized spacial score (nSPS) is 12.5. The fourth-order valence-electron chi connectivity index (χ4n) is 1.78. The predicted octanol–water partition coefficient (Wildman–Crippen LogP) is 3.07. The minimum absolute atomic E-state index is 0.334. The second-order valence-corrected chi connectivity index (χ2v) is 5.98. The molecule has 0 saturated heterocycles. The van der Waals surface area contributed by atoms with Gasteiger partial charge in [0.1, 0.15) is 0 Å². The number of halogens is 1. The second kappa shape index (κ2) is 8.39. The summed E-state index contributed by atoms with van der Waals surface area (Å²) in [5.41, 5.74) is 1.10. The van der Waals surface area contributed by atoms with E-state index in [1.165, 1.54) is 4.88 Å². The van der Waals surface area contributed by atoms with Gasteiger partial charge >= 0.3 is 0 Å². The maximum Gasteiger partial charge on any atom is 0.0897 e. The topological polar surface area (TPSA) is 41.5 Å². The lowest BCUT2D eigenvalue weighted by Gasteiger charge is -2.12. The largest absolute Gasteiger partial charge is 0.389 e. The Morgan fingerprint density at radius 2 is 2.20 bits per heavy atom. The van der Waals surface area contributed by atoms with Crippen LogP contribution >= 0.6 is 22.9 Å². The van der Waals surface area contributed by atoms with E-state index in [0.29, 0.717) is 26.3 Å². The number of hydrogen-bond acceptors (Lipinski definition) is 4. The van der Waals surface area contributed by atoms with E-state index < -0.39 is 6.10 Å². The van der Waals surface area contributed by atoms with Crippen LogP contribution < -0.4 is 5.32 Å². The molecule has 0 bridgehead atoms. The van der Waals surface area contributed by atoms with E-state index in [2.05, 4.69) is 5.32 Å². The summed E-state index contributed by atoms with van der Waals surface area (Å²) in [6.45, 7) is 2.07. The van der Waals surface area contributed by atoms with Crippen molar-refractivity contribution in [1.82, 2.24) is 5.32 Å². The lowest BCUT2D eigenvalue weighted by molar-refractivity contribution is 0.0297. The van der Waals surface area contributed by atoms with Crippen molar-refractivity contribution in [1.29, 1.82) is 0 Å². The van der Waals surface area contributed by atoms with Gasteiger partial charge in [-0.2, -0.15) is 0 Å². The Bertz CT molecular complexity index is 504. The maximum absolute atomic E-state index is 9.80. The van der Waals surface area contributed by atoms with E-state index in [1.54, 1.807) is 11.3 Å². The molecule has 20 heavy (non-hydrogen) atoms. The van der Waals surface area contributed by atoms with Gasteiger partial charge in [-0.1, -0.05) is 29.8 Å². The lowest BCUT2D eigenvalue weighted by Crippen LogP contribution is -2.30. The number of thiophene rings is 1. The van der Waals surface area contributed by atoms with Crippen LogP contribution in [0.4, 0.5) is 0 Å². The third-order valence-corrected chi connectivity index (χ3v) is 3.82. The van der Waals surface area contributed by atoms with Crippen molar-refractivity contribution in [2.75, 3.05) is 13.2 Å². The van der Waals surface area contributed by atoms with E-state index in [1.807, 2.05) is 41.8 Å². The number of ether oxygens (including phenoxy) is 1. The standard InChI is InChI=1S/C15H18ClNO2S/c16-13-4-1-3-12(7-13)8-17-9-14(18)10-19-11-15-5-2-6-20-15/h1-7,14,17-18H,8-11H2. The van der Waals surface area contributed by atoms with Gasteiger partial charge in [0.25, 0.3) is 0 Å². The summed E-state index contributed by atoms with van der Waals surface area (Å²) >= 11 is 7.56. The van der Waals surface area contributed by atoms with Crippen LogP contribution in [0.2, 0.25) is 5.02 Å². The highest BCUT2D eigenvalue weighted by atomic mass is 35.5. The van der Waals surface area contributed by atoms with Crippen LogP contribution in [0.5, 0.6) is 0 Å². The molecule has 1 atom stereocenters. The molecule has 0 fully saturated rings. The Kier molecular flexibility index (Phi) is 6.50. The summed E-state index contributed by atoms with van der Waals surface area (Å²) in [6, 6.07) is 11.7. The molecule has 0 aliphatic rings. The van der Waals surface area contributed by atoms with Crippen LogP contribution in [0.3, 0.4) is 0 Å². The minimum atomic E-state index is -0.505. The summed E-state index contributed by atoms with van der Waals surface area (Å²) in [5.74, 6) is 0. The molecule has 0 aliphatic heterocycles. The minimum Gasteiger partial charge on any atom is -0.389 e. The molecule has 1 unspecified atom stereocenters. The molecule has 1 heterocycles. The van der Waals surface area contributed by atoms with E-state index in [9.17, 15) is 5.11 Å². The average molecular weight is 312 g/mol. The van der Waals surface area contributed by atoms with E-state index >= 15 is 0 Å². The smallest absolute Gasteiger partial charge is 0.0897 e. The zero-order valence-corrected chi connectivity index (χ0v) is 12.7. The van der Waals surface area contributed by atoms with Crippen LogP contribution in [0.15, 0.2) is 41.8 Å². The molecule has 108 valence electrons. The van der Waals surface area contributed by atoms with Gasteiger partial charge in [0.05, 0.1) is 19.3 Å². The Morgan fingerprint density at radius 3 is 2.95 bits per heavy atom. The number of aliphatic hydroxyl groups excluding tert-OH is 1. The van der Waals surface area contributed by atoms with Crippen LogP contribution in [0, 0.1) is 0 Å². The molecular formula is C15H18ClNO2S. The molecule has 0 spiro atoms. The van der Waals surface area contributed by atoms with Crippen molar-refractivity contribution in [3.8, 4) is 0 Å². The van der Waals surface area contributed by atoms with Crippen molar-refractivity contribution in [3.05, 3.63) is 57.2 Å². The summed E-state index contributed by atoms with van der Waals surface area (Å²) in [6.07, 6.45) is -0.505. The first-order valence-electron chi connectivity index (χ1n) is 6.47. The quantitative estimate of drug-likeness (QED) is 0.787. The zero-order valence-electron chi connectivity index (χ0n) is 11.1. The highest BCUT2D eigenvalue weighted by Gasteiger charge is 2.04. The molecule has 5 heteroatoms. The fraction of sp³-hybridized carbons (Fsp3) is 0.333. The summed E-state index contributed by atoms with van der Waals surface area (Å²) in [7, 11) is 0. The first-order valence-corrected chi connectivity index (χ1v) is 7.73. The number of benzene rings is 1. The number of nitrogens with one attached hydrogen (secondary N) is 1. The van der Waals surface area contributed by atoms with Gasteiger partial charge in [0.15, 0.2) is 0 Å². The van der Waals surface area contributed by atoms with E-state index in [-0.39, 0.29) is 0 Å². The molecule has 0 amide bonds. The van der Waals surface area contributed by atoms with Crippen molar-refractivity contribution < 1.29 is 9.84 Å². The SMILES string of the molecule is OC(CNCc1cccc(Cl)c1)COCc1cccs1. The Morgan fingerprint density at radius 1 is 1.30 bits per heavy atom. The molecule has 2 aromatic rings. The highest BCUT2D eigenvalue weighted by Crippen LogP contribution is 2.11. The van der Waals surface area contributed by atoms with Crippen LogP contribution in [0.1, 0.15) is 10.4 Å². The summed E-state index contributed by atoms with van der Waals surface area (Å²) in [5, 5.41) is 15.7. The molecule has 1 aromatic carbocycles. The molecule has 2 rings (SSSR count). The fourth-order valence-corrected chi connectivity index (χ4v) is 2.63.